The molecule has 0 radical (unpaired) electrons. The average Bonchev–Trinajstić information content (AvgIpc) is 2.90. The molecular weight excluding hydrogens is 308 g/mol. The SMILES string of the molecule is O=C(Nc1n[nH]c2ccccc12)c1cc(Cl)ccc1[N+](=O)[O-]. The summed E-state index contributed by atoms with van der Waals surface area (Å²) >= 11 is 5.82. The highest BCUT2D eigenvalue weighted by atomic mass is 35.5. The van der Waals surface area contributed by atoms with Crippen LogP contribution >= 0.6 is 11.6 Å². The van der Waals surface area contributed by atoms with Gasteiger partial charge >= 0.3 is 0 Å². The van der Waals surface area contributed by atoms with Gasteiger partial charge in [-0.1, -0.05) is 23.7 Å². The van der Waals surface area contributed by atoms with E-state index in [2.05, 4.69) is 15.5 Å². The summed E-state index contributed by atoms with van der Waals surface area (Å²) in [4.78, 5) is 22.7. The predicted molar refractivity (Wildman–Crippen MR) is 82.2 cm³/mol. The number of benzene rings is 2. The van der Waals surface area contributed by atoms with Gasteiger partial charge in [0.15, 0.2) is 5.82 Å². The third-order valence-electron chi connectivity index (χ3n) is 3.10. The molecule has 0 aliphatic carbocycles. The van der Waals surface area contributed by atoms with E-state index in [-0.39, 0.29) is 16.3 Å². The fourth-order valence-electron chi connectivity index (χ4n) is 2.08. The Morgan fingerprint density at radius 3 is 2.82 bits per heavy atom. The first-order chi connectivity index (χ1) is 10.6. The van der Waals surface area contributed by atoms with Gasteiger partial charge in [-0.2, -0.15) is 5.10 Å². The Balaban J connectivity index is 1.98. The average molecular weight is 317 g/mol. The molecule has 22 heavy (non-hydrogen) atoms. The summed E-state index contributed by atoms with van der Waals surface area (Å²) in [6.45, 7) is 0. The van der Waals surface area contributed by atoms with Gasteiger partial charge in [0, 0.05) is 16.5 Å². The molecule has 2 aromatic carbocycles. The molecule has 0 aliphatic heterocycles. The number of anilines is 1. The molecule has 0 aliphatic rings. The van der Waals surface area contributed by atoms with Crippen molar-refractivity contribution in [2.75, 3.05) is 5.32 Å². The van der Waals surface area contributed by atoms with Gasteiger partial charge in [-0.15, -0.1) is 0 Å². The first-order valence-electron chi connectivity index (χ1n) is 6.24. The molecule has 3 rings (SSSR count). The van der Waals surface area contributed by atoms with Crippen molar-refractivity contribution in [3.63, 3.8) is 0 Å². The molecule has 7 nitrogen and oxygen atoms in total. The molecule has 0 spiro atoms. The molecule has 0 fully saturated rings. The maximum absolute atomic E-state index is 12.3. The number of halogens is 1. The number of carbonyl (C=O) groups is 1. The Kier molecular flexibility index (Phi) is 3.48. The predicted octanol–water partition coefficient (Wildman–Crippen LogP) is 3.38. The maximum atomic E-state index is 12.3. The fourth-order valence-corrected chi connectivity index (χ4v) is 2.26. The molecule has 0 bridgehead atoms. The van der Waals surface area contributed by atoms with E-state index in [1.807, 2.05) is 6.07 Å². The number of nitro benzene ring substituents is 1. The van der Waals surface area contributed by atoms with Crippen molar-refractivity contribution < 1.29 is 9.72 Å². The lowest BCUT2D eigenvalue weighted by Crippen LogP contribution is -2.14. The largest absolute Gasteiger partial charge is 0.304 e. The summed E-state index contributed by atoms with van der Waals surface area (Å²) in [6, 6.07) is 11.0. The number of nitrogens with zero attached hydrogens (tertiary/aromatic N) is 2. The first kappa shape index (κ1) is 14.0. The molecule has 0 saturated carbocycles. The van der Waals surface area contributed by atoms with Crippen molar-refractivity contribution in [2.45, 2.75) is 0 Å². The van der Waals surface area contributed by atoms with E-state index in [0.29, 0.717) is 11.2 Å². The van der Waals surface area contributed by atoms with Crippen molar-refractivity contribution in [1.29, 1.82) is 0 Å². The van der Waals surface area contributed by atoms with E-state index in [4.69, 9.17) is 11.6 Å². The number of amides is 1. The molecule has 0 atom stereocenters. The number of fused-ring (bicyclic) bond motifs is 1. The summed E-state index contributed by atoms with van der Waals surface area (Å²) in [5.74, 6) is -0.346. The summed E-state index contributed by atoms with van der Waals surface area (Å²) < 4.78 is 0. The minimum Gasteiger partial charge on any atom is -0.304 e. The van der Waals surface area contributed by atoms with E-state index in [0.717, 1.165) is 5.52 Å². The summed E-state index contributed by atoms with van der Waals surface area (Å²) in [7, 11) is 0. The number of H-pyrrole nitrogens is 1. The molecular formula is C14H9ClN4O3. The summed E-state index contributed by atoms with van der Waals surface area (Å²) in [5, 5.41) is 21.3. The topological polar surface area (TPSA) is 101 Å². The number of nitrogens with one attached hydrogen (secondary N) is 2. The first-order valence-corrected chi connectivity index (χ1v) is 6.62. The second kappa shape index (κ2) is 5.45. The third-order valence-corrected chi connectivity index (χ3v) is 3.34. The highest BCUT2D eigenvalue weighted by Crippen LogP contribution is 2.25. The normalized spacial score (nSPS) is 10.6. The molecule has 8 heteroatoms. The van der Waals surface area contributed by atoms with Crippen molar-refractivity contribution in [1.82, 2.24) is 10.2 Å². The van der Waals surface area contributed by atoms with E-state index in [9.17, 15) is 14.9 Å². The van der Waals surface area contributed by atoms with Crippen LogP contribution in [0.3, 0.4) is 0 Å². The van der Waals surface area contributed by atoms with Crippen molar-refractivity contribution >= 4 is 39.9 Å². The summed E-state index contributed by atoms with van der Waals surface area (Å²) in [6.07, 6.45) is 0. The van der Waals surface area contributed by atoms with Gasteiger partial charge in [-0.05, 0) is 24.3 Å². The Bertz CT molecular complexity index is 891. The van der Waals surface area contributed by atoms with Crippen LogP contribution in [0.4, 0.5) is 11.5 Å². The van der Waals surface area contributed by atoms with Crippen LogP contribution in [0.5, 0.6) is 0 Å². The number of para-hydroxylation sites is 1. The zero-order chi connectivity index (χ0) is 15.7. The van der Waals surface area contributed by atoms with Gasteiger partial charge < -0.3 is 5.32 Å². The van der Waals surface area contributed by atoms with Gasteiger partial charge in [-0.25, -0.2) is 0 Å². The Morgan fingerprint density at radius 2 is 2.05 bits per heavy atom. The van der Waals surface area contributed by atoms with Crippen LogP contribution in [0.1, 0.15) is 10.4 Å². The maximum Gasteiger partial charge on any atom is 0.282 e. The Hall–Kier alpha value is -2.93. The minimum absolute atomic E-state index is 0.121. The zero-order valence-electron chi connectivity index (χ0n) is 11.0. The van der Waals surface area contributed by atoms with Crippen LogP contribution in [0.2, 0.25) is 5.02 Å². The fraction of sp³-hybridized carbons (Fsp3) is 0. The van der Waals surface area contributed by atoms with Gasteiger partial charge in [0.2, 0.25) is 0 Å². The van der Waals surface area contributed by atoms with Crippen LogP contribution in [0.15, 0.2) is 42.5 Å². The van der Waals surface area contributed by atoms with Gasteiger partial charge in [-0.3, -0.25) is 20.0 Å². The van der Waals surface area contributed by atoms with E-state index in [1.54, 1.807) is 18.2 Å². The molecule has 0 saturated heterocycles. The minimum atomic E-state index is -0.647. The highest BCUT2D eigenvalue weighted by Gasteiger charge is 2.21. The quantitative estimate of drug-likeness (QED) is 0.571. The smallest absolute Gasteiger partial charge is 0.282 e. The van der Waals surface area contributed by atoms with Crippen LogP contribution < -0.4 is 5.32 Å². The van der Waals surface area contributed by atoms with Crippen LogP contribution in [-0.2, 0) is 0 Å². The van der Waals surface area contributed by atoms with E-state index < -0.39 is 10.8 Å². The molecule has 1 heterocycles. The number of hydrogen-bond acceptors (Lipinski definition) is 4. The molecule has 2 N–H and O–H groups in total. The van der Waals surface area contributed by atoms with E-state index in [1.165, 1.54) is 18.2 Å². The third kappa shape index (κ3) is 2.49. The number of nitro groups is 1. The standard InChI is InChI=1S/C14H9ClN4O3/c15-8-5-6-12(19(21)22)10(7-8)14(20)16-13-9-3-1-2-4-11(9)17-18-13/h1-7H,(H2,16,17,18,20). The number of aromatic nitrogens is 2. The molecule has 110 valence electrons. The summed E-state index contributed by atoms with van der Waals surface area (Å²) in [5.41, 5.74) is 0.310. The van der Waals surface area contributed by atoms with Gasteiger partial charge in [0.25, 0.3) is 11.6 Å². The number of hydrogen-bond donors (Lipinski definition) is 2. The Labute approximate surface area is 129 Å². The second-order valence-corrected chi connectivity index (χ2v) is 4.93. The van der Waals surface area contributed by atoms with Crippen LogP contribution in [0.25, 0.3) is 10.9 Å². The highest BCUT2D eigenvalue weighted by molar-refractivity contribution is 6.31. The van der Waals surface area contributed by atoms with Crippen LogP contribution in [-0.4, -0.2) is 21.0 Å². The zero-order valence-corrected chi connectivity index (χ0v) is 11.8. The number of aromatic amines is 1. The molecule has 1 aromatic heterocycles. The van der Waals surface area contributed by atoms with Crippen LogP contribution in [0, 0.1) is 10.1 Å². The number of rotatable bonds is 3. The van der Waals surface area contributed by atoms with Gasteiger partial charge in [0.1, 0.15) is 5.56 Å². The van der Waals surface area contributed by atoms with Crippen molar-refractivity contribution in [3.8, 4) is 0 Å². The second-order valence-electron chi connectivity index (χ2n) is 4.49. The lowest BCUT2D eigenvalue weighted by Gasteiger charge is -2.04. The van der Waals surface area contributed by atoms with Crippen molar-refractivity contribution in [3.05, 3.63) is 63.2 Å². The molecule has 3 aromatic rings. The lowest BCUT2D eigenvalue weighted by molar-refractivity contribution is -0.385. The lowest BCUT2D eigenvalue weighted by atomic mass is 10.1. The van der Waals surface area contributed by atoms with Crippen molar-refractivity contribution in [2.24, 2.45) is 0 Å². The molecule has 0 unspecified atom stereocenters. The van der Waals surface area contributed by atoms with Gasteiger partial charge in [0.05, 0.1) is 10.4 Å². The van der Waals surface area contributed by atoms with E-state index >= 15 is 0 Å². The number of carbonyl (C=O) groups excluding carboxylic acids is 1. The molecule has 1 amide bonds. The Morgan fingerprint density at radius 1 is 1.27 bits per heavy atom. The monoisotopic (exact) mass is 316 g/mol.